The van der Waals surface area contributed by atoms with E-state index < -0.39 is 11.9 Å². The molecular weight excluding hydrogens is 246 g/mol. The number of nitrogens with zero attached hydrogens (tertiary/aromatic N) is 2. The highest BCUT2D eigenvalue weighted by Crippen LogP contribution is 2.08. The number of hydrogen-bond donors (Lipinski definition) is 2. The van der Waals surface area contributed by atoms with Gasteiger partial charge in [-0.3, -0.25) is 9.59 Å². The monoisotopic (exact) mass is 267 g/mol. The van der Waals surface area contributed by atoms with Crippen LogP contribution in [0.25, 0.3) is 0 Å². The van der Waals surface area contributed by atoms with Gasteiger partial charge in [-0.25, -0.2) is 4.98 Å². The van der Waals surface area contributed by atoms with Crippen LogP contribution in [0.4, 0.5) is 5.82 Å². The van der Waals surface area contributed by atoms with Crippen molar-refractivity contribution < 1.29 is 9.90 Å². The lowest BCUT2D eigenvalue weighted by Crippen LogP contribution is -2.29. The van der Waals surface area contributed by atoms with E-state index in [1.807, 2.05) is 20.8 Å². The highest BCUT2D eigenvalue weighted by Gasteiger charge is 2.17. The lowest BCUT2D eigenvalue weighted by atomic mass is 10.0. The van der Waals surface area contributed by atoms with E-state index in [1.54, 1.807) is 17.0 Å². The topological polar surface area (TPSA) is 84.2 Å². The molecule has 1 heterocycles. The van der Waals surface area contributed by atoms with Crippen LogP contribution in [0, 0.1) is 5.92 Å². The Kier molecular flexibility index (Phi) is 5.54. The van der Waals surface area contributed by atoms with Crippen molar-refractivity contribution in [2.24, 2.45) is 5.92 Å². The number of aliphatic carboxylic acids is 1. The average Bonchev–Trinajstić information content (AvgIpc) is 2.35. The van der Waals surface area contributed by atoms with Gasteiger partial charge in [-0.05, 0) is 20.3 Å². The van der Waals surface area contributed by atoms with E-state index in [1.165, 1.54) is 0 Å². The molecule has 1 aromatic heterocycles. The van der Waals surface area contributed by atoms with Crippen molar-refractivity contribution in [3.05, 3.63) is 22.7 Å². The van der Waals surface area contributed by atoms with E-state index in [2.05, 4.69) is 10.3 Å². The van der Waals surface area contributed by atoms with Gasteiger partial charge in [0.05, 0.1) is 5.92 Å². The molecule has 0 bridgehead atoms. The molecule has 0 aliphatic rings. The molecule has 0 aliphatic heterocycles. The molecule has 0 aromatic carbocycles. The molecule has 0 amide bonds. The van der Waals surface area contributed by atoms with E-state index in [0.717, 1.165) is 6.42 Å². The summed E-state index contributed by atoms with van der Waals surface area (Å²) >= 11 is 0. The number of hydrogen-bond acceptors (Lipinski definition) is 4. The zero-order valence-electron chi connectivity index (χ0n) is 11.6. The molecule has 1 atom stereocenters. The molecular formula is C13H21N3O3. The second-order valence-corrected chi connectivity index (χ2v) is 4.79. The Balaban J connectivity index is 2.80. The number of carbonyl (C=O) groups is 1. The Bertz CT molecular complexity index is 482. The van der Waals surface area contributed by atoms with Crippen molar-refractivity contribution in [1.29, 1.82) is 0 Å². The van der Waals surface area contributed by atoms with Crippen LogP contribution in [0.1, 0.15) is 39.7 Å². The third-order valence-corrected chi connectivity index (χ3v) is 2.93. The van der Waals surface area contributed by atoms with Crippen LogP contribution in [0.2, 0.25) is 0 Å². The first-order chi connectivity index (χ1) is 8.97. The van der Waals surface area contributed by atoms with Crippen LogP contribution < -0.4 is 10.9 Å². The molecule has 1 unspecified atom stereocenters. The van der Waals surface area contributed by atoms with Crippen LogP contribution in [0.3, 0.4) is 0 Å². The van der Waals surface area contributed by atoms with Gasteiger partial charge in [0.2, 0.25) is 0 Å². The van der Waals surface area contributed by atoms with E-state index in [-0.39, 0.29) is 24.0 Å². The van der Waals surface area contributed by atoms with Gasteiger partial charge >= 0.3 is 5.97 Å². The molecule has 6 heteroatoms. The van der Waals surface area contributed by atoms with E-state index in [4.69, 9.17) is 5.11 Å². The van der Waals surface area contributed by atoms with E-state index in [9.17, 15) is 9.59 Å². The molecule has 0 spiro atoms. The fraction of sp³-hybridized carbons (Fsp3) is 0.615. The minimum absolute atomic E-state index is 0.0435. The summed E-state index contributed by atoms with van der Waals surface area (Å²) in [5.74, 6) is -1.15. The summed E-state index contributed by atoms with van der Waals surface area (Å²) < 4.78 is 1.56. The largest absolute Gasteiger partial charge is 0.481 e. The fourth-order valence-electron chi connectivity index (χ4n) is 1.83. The number of carboxylic acid groups (broad SMARTS) is 1. The molecule has 106 valence electrons. The van der Waals surface area contributed by atoms with Crippen molar-refractivity contribution in [1.82, 2.24) is 9.55 Å². The van der Waals surface area contributed by atoms with Gasteiger partial charge in [0.1, 0.15) is 0 Å². The predicted octanol–water partition coefficient (Wildman–Crippen LogP) is 1.74. The Hall–Kier alpha value is -1.85. The third kappa shape index (κ3) is 4.08. The van der Waals surface area contributed by atoms with Crippen LogP contribution in [0.5, 0.6) is 0 Å². The highest BCUT2D eigenvalue weighted by molar-refractivity contribution is 5.70. The van der Waals surface area contributed by atoms with Crippen LogP contribution in [0.15, 0.2) is 17.2 Å². The quantitative estimate of drug-likeness (QED) is 0.786. The Morgan fingerprint density at radius 2 is 2.21 bits per heavy atom. The maximum absolute atomic E-state index is 12.0. The van der Waals surface area contributed by atoms with Gasteiger partial charge in [0.15, 0.2) is 5.82 Å². The molecule has 1 rings (SSSR count). The van der Waals surface area contributed by atoms with Gasteiger partial charge in [0, 0.05) is 25.0 Å². The molecule has 19 heavy (non-hydrogen) atoms. The zero-order chi connectivity index (χ0) is 14.4. The zero-order valence-corrected chi connectivity index (χ0v) is 11.6. The summed E-state index contributed by atoms with van der Waals surface area (Å²) in [6, 6.07) is 0.0435. The molecule has 1 aromatic rings. The van der Waals surface area contributed by atoms with Crippen LogP contribution >= 0.6 is 0 Å². The van der Waals surface area contributed by atoms with Gasteiger partial charge in [0.25, 0.3) is 5.56 Å². The fourth-order valence-corrected chi connectivity index (χ4v) is 1.83. The van der Waals surface area contributed by atoms with Crippen LogP contribution in [-0.4, -0.2) is 27.2 Å². The summed E-state index contributed by atoms with van der Waals surface area (Å²) in [5.41, 5.74) is -0.224. The Morgan fingerprint density at radius 3 is 2.74 bits per heavy atom. The minimum Gasteiger partial charge on any atom is -0.481 e. The summed E-state index contributed by atoms with van der Waals surface area (Å²) in [7, 11) is 0. The lowest BCUT2D eigenvalue weighted by Gasteiger charge is -2.14. The maximum atomic E-state index is 12.0. The molecule has 0 saturated heterocycles. The molecule has 0 fully saturated rings. The maximum Gasteiger partial charge on any atom is 0.308 e. The number of aromatic nitrogens is 2. The van der Waals surface area contributed by atoms with Crippen molar-refractivity contribution >= 4 is 11.8 Å². The summed E-state index contributed by atoms with van der Waals surface area (Å²) in [6.07, 6.45) is 4.53. The van der Waals surface area contributed by atoms with Crippen molar-refractivity contribution in [2.75, 3.05) is 11.9 Å². The average molecular weight is 267 g/mol. The predicted molar refractivity (Wildman–Crippen MR) is 73.4 cm³/mol. The summed E-state index contributed by atoms with van der Waals surface area (Å²) in [4.78, 5) is 27.0. The molecule has 2 N–H and O–H groups in total. The van der Waals surface area contributed by atoms with Gasteiger partial charge in [-0.2, -0.15) is 0 Å². The first-order valence-corrected chi connectivity index (χ1v) is 6.51. The SMILES string of the molecule is CCCC(CNc1nccn(C(C)C)c1=O)C(=O)O. The highest BCUT2D eigenvalue weighted by atomic mass is 16.4. The van der Waals surface area contributed by atoms with Gasteiger partial charge in [-0.1, -0.05) is 13.3 Å². The lowest BCUT2D eigenvalue weighted by molar-refractivity contribution is -0.141. The summed E-state index contributed by atoms with van der Waals surface area (Å²) in [5, 5.41) is 11.9. The first kappa shape index (κ1) is 15.2. The number of anilines is 1. The first-order valence-electron chi connectivity index (χ1n) is 6.51. The number of carboxylic acids is 1. The van der Waals surface area contributed by atoms with E-state index >= 15 is 0 Å². The van der Waals surface area contributed by atoms with Crippen LogP contribution in [-0.2, 0) is 4.79 Å². The minimum atomic E-state index is -0.852. The second kappa shape index (κ2) is 6.92. The molecule has 6 nitrogen and oxygen atoms in total. The molecule has 0 saturated carbocycles. The van der Waals surface area contributed by atoms with Gasteiger partial charge < -0.3 is 15.0 Å². The molecule has 0 aliphatic carbocycles. The van der Waals surface area contributed by atoms with Gasteiger partial charge in [-0.15, -0.1) is 0 Å². The van der Waals surface area contributed by atoms with Crippen molar-refractivity contribution in [3.8, 4) is 0 Å². The van der Waals surface area contributed by atoms with Crippen molar-refractivity contribution in [3.63, 3.8) is 0 Å². The Labute approximate surface area is 112 Å². The normalized spacial score (nSPS) is 12.4. The second-order valence-electron chi connectivity index (χ2n) is 4.79. The van der Waals surface area contributed by atoms with E-state index in [0.29, 0.717) is 6.42 Å². The number of rotatable bonds is 7. The summed E-state index contributed by atoms with van der Waals surface area (Å²) in [6.45, 7) is 5.96. The molecule has 0 radical (unpaired) electrons. The smallest absolute Gasteiger partial charge is 0.308 e. The van der Waals surface area contributed by atoms with Crippen molar-refractivity contribution in [2.45, 2.75) is 39.7 Å². The standard InChI is InChI=1S/C13H21N3O3/c1-4-5-10(13(18)19)8-15-11-12(17)16(9(2)3)7-6-14-11/h6-7,9-10H,4-5,8H2,1-3H3,(H,14,15)(H,18,19). The number of nitrogens with one attached hydrogen (secondary N) is 1. The third-order valence-electron chi connectivity index (χ3n) is 2.93. The Morgan fingerprint density at radius 1 is 1.53 bits per heavy atom.